The number of pyridine rings is 1. The number of aromatic amines is 1. The molecule has 0 saturated carbocycles. The zero-order valence-electron chi connectivity index (χ0n) is 29.7. The number of anilines is 2. The number of urea groups is 1. The minimum atomic E-state index is -0.344. The molecule has 0 radical (unpaired) electrons. The minimum Gasteiger partial charge on any atom is -0.355 e. The zero-order chi connectivity index (χ0) is 37.3. The lowest BCUT2D eigenvalue weighted by atomic mass is 9.99. The lowest BCUT2D eigenvalue weighted by Gasteiger charge is -2.34. The first-order valence-electron chi connectivity index (χ1n) is 18.2. The standard InChI is InChI=1S/C41H39Cl3N8O2/c1-25(30-13-11-27(42)22-32(30)44)52-24-46-36(26-8-3-2-4-9-26)38(52)35-31-14-12-28(43)23-34(31)48-37(35)40(53)49-33-10-7-17-45-39(33)50-20-15-29(16-21-50)47-41(54)51-18-5-6-19-51/h2-4,7-14,17,22-25,29,48H,5-6,15-16,18-21H2,1H3,(H,47,54)(H,49,53)/t25-/m0/s1. The highest BCUT2D eigenvalue weighted by Gasteiger charge is 2.30. The van der Waals surface area contributed by atoms with Crippen molar-refractivity contribution in [1.82, 2.24) is 29.7 Å². The summed E-state index contributed by atoms with van der Waals surface area (Å²) in [6, 6.07) is 24.4. The number of rotatable bonds is 8. The molecule has 2 aliphatic rings. The van der Waals surface area contributed by atoms with Gasteiger partial charge in [-0.15, -0.1) is 0 Å². The Hall–Kier alpha value is -5.03. The molecule has 276 valence electrons. The number of carbonyl (C=O) groups is 2. The molecular weight excluding hydrogens is 743 g/mol. The number of nitrogens with one attached hydrogen (secondary N) is 3. The molecule has 0 aliphatic carbocycles. The maximum atomic E-state index is 14.7. The van der Waals surface area contributed by atoms with E-state index in [1.165, 1.54) is 0 Å². The van der Waals surface area contributed by atoms with E-state index in [0.29, 0.717) is 62.1 Å². The second-order valence-corrected chi connectivity index (χ2v) is 15.1. The number of halogens is 3. The van der Waals surface area contributed by atoms with E-state index in [9.17, 15) is 9.59 Å². The van der Waals surface area contributed by atoms with Crippen molar-refractivity contribution in [2.24, 2.45) is 0 Å². The molecule has 0 unspecified atom stereocenters. The molecule has 1 atom stereocenters. The molecule has 3 aromatic carbocycles. The van der Waals surface area contributed by atoms with E-state index < -0.39 is 0 Å². The first kappa shape index (κ1) is 36.0. The van der Waals surface area contributed by atoms with Crippen LogP contribution >= 0.6 is 34.8 Å². The quantitative estimate of drug-likeness (QED) is 0.143. The summed E-state index contributed by atoms with van der Waals surface area (Å²) in [4.78, 5) is 44.5. The molecule has 5 heterocycles. The molecule has 2 fully saturated rings. The van der Waals surface area contributed by atoms with E-state index >= 15 is 0 Å². The van der Waals surface area contributed by atoms with Crippen LogP contribution in [0.5, 0.6) is 0 Å². The van der Waals surface area contributed by atoms with Gasteiger partial charge in [-0.05, 0) is 74.6 Å². The van der Waals surface area contributed by atoms with Gasteiger partial charge >= 0.3 is 6.03 Å². The van der Waals surface area contributed by atoms with Gasteiger partial charge in [-0.2, -0.15) is 0 Å². The molecule has 0 spiro atoms. The van der Waals surface area contributed by atoms with E-state index in [1.54, 1.807) is 18.6 Å². The van der Waals surface area contributed by atoms with Gasteiger partial charge in [0.1, 0.15) is 5.69 Å². The van der Waals surface area contributed by atoms with E-state index in [4.69, 9.17) is 44.8 Å². The minimum absolute atomic E-state index is 0.0228. The Bertz CT molecular complexity index is 2330. The van der Waals surface area contributed by atoms with Crippen molar-refractivity contribution in [2.75, 3.05) is 36.4 Å². The number of carbonyl (C=O) groups excluding carboxylic acids is 2. The molecule has 0 bridgehead atoms. The van der Waals surface area contributed by atoms with Crippen LogP contribution in [0.4, 0.5) is 16.3 Å². The maximum Gasteiger partial charge on any atom is 0.317 e. The van der Waals surface area contributed by atoms with Gasteiger partial charge in [-0.3, -0.25) is 4.79 Å². The van der Waals surface area contributed by atoms with E-state index in [1.807, 2.05) is 89.2 Å². The van der Waals surface area contributed by atoms with Crippen molar-refractivity contribution in [3.8, 4) is 22.5 Å². The number of likely N-dealkylation sites (tertiary alicyclic amines) is 1. The summed E-state index contributed by atoms with van der Waals surface area (Å²) in [7, 11) is 0. The number of hydrogen-bond acceptors (Lipinski definition) is 5. The summed E-state index contributed by atoms with van der Waals surface area (Å²) in [5.41, 5.74) is 5.50. The highest BCUT2D eigenvalue weighted by atomic mass is 35.5. The molecule has 3 aromatic heterocycles. The van der Waals surface area contributed by atoms with E-state index in [0.717, 1.165) is 61.0 Å². The lowest BCUT2D eigenvalue weighted by molar-refractivity contribution is 0.102. The molecule has 3 amide bonds. The van der Waals surface area contributed by atoms with Crippen molar-refractivity contribution in [1.29, 1.82) is 0 Å². The van der Waals surface area contributed by atoms with Crippen LogP contribution in [0.15, 0.2) is 91.4 Å². The van der Waals surface area contributed by atoms with Crippen molar-refractivity contribution in [2.45, 2.75) is 44.7 Å². The van der Waals surface area contributed by atoms with Gasteiger partial charge in [0.15, 0.2) is 5.82 Å². The fourth-order valence-electron chi connectivity index (χ4n) is 7.64. The Morgan fingerprint density at radius 1 is 0.870 bits per heavy atom. The topological polar surface area (TPSA) is 111 Å². The van der Waals surface area contributed by atoms with Gasteiger partial charge < -0.3 is 30.0 Å². The largest absolute Gasteiger partial charge is 0.355 e. The average molecular weight is 782 g/mol. The van der Waals surface area contributed by atoms with Gasteiger partial charge in [0.05, 0.1) is 29.4 Å². The molecule has 13 heteroatoms. The van der Waals surface area contributed by atoms with Crippen LogP contribution in [0, 0.1) is 0 Å². The van der Waals surface area contributed by atoms with Gasteiger partial charge in [0.25, 0.3) is 5.91 Å². The number of aromatic nitrogens is 4. The summed E-state index contributed by atoms with van der Waals surface area (Å²) in [5, 5.41) is 8.82. The van der Waals surface area contributed by atoms with Crippen LogP contribution in [0.2, 0.25) is 15.1 Å². The third-order valence-corrected chi connectivity index (χ3v) is 11.2. The predicted octanol–water partition coefficient (Wildman–Crippen LogP) is 9.69. The van der Waals surface area contributed by atoms with Gasteiger partial charge in [0.2, 0.25) is 0 Å². The Morgan fingerprint density at radius 2 is 1.61 bits per heavy atom. The fraction of sp³-hybridized carbons (Fsp3) is 0.268. The number of hydrogen-bond donors (Lipinski definition) is 3. The Morgan fingerprint density at radius 3 is 2.37 bits per heavy atom. The van der Waals surface area contributed by atoms with Crippen LogP contribution in [0.25, 0.3) is 33.4 Å². The van der Waals surface area contributed by atoms with E-state index in [2.05, 4.69) is 20.5 Å². The molecule has 3 N–H and O–H groups in total. The zero-order valence-corrected chi connectivity index (χ0v) is 31.9. The fourth-order valence-corrected chi connectivity index (χ4v) is 8.38. The van der Waals surface area contributed by atoms with Gasteiger partial charge in [-0.25, -0.2) is 14.8 Å². The molecule has 2 saturated heterocycles. The molecular formula is C41H39Cl3N8O2. The average Bonchev–Trinajstić information content (AvgIpc) is 3.95. The Kier molecular flexibility index (Phi) is 10.2. The van der Waals surface area contributed by atoms with Crippen molar-refractivity contribution in [3.05, 3.63) is 118 Å². The molecule has 10 nitrogen and oxygen atoms in total. The van der Waals surface area contributed by atoms with Crippen molar-refractivity contribution < 1.29 is 9.59 Å². The highest BCUT2D eigenvalue weighted by molar-refractivity contribution is 6.35. The monoisotopic (exact) mass is 780 g/mol. The van der Waals surface area contributed by atoms with Crippen LogP contribution in [-0.2, 0) is 0 Å². The first-order chi connectivity index (χ1) is 26.2. The smallest absolute Gasteiger partial charge is 0.317 e. The third-order valence-electron chi connectivity index (χ3n) is 10.4. The second-order valence-electron chi connectivity index (χ2n) is 13.9. The molecule has 8 rings (SSSR count). The van der Waals surface area contributed by atoms with Gasteiger partial charge in [-0.1, -0.05) is 77.3 Å². The SMILES string of the molecule is C[C@@H](c1ccc(Cl)cc1Cl)n1cnc(-c2ccccc2)c1-c1c(C(=O)Nc2cccnc2N2CCC(NC(=O)N3CCCC3)CC2)[nH]c2cc(Cl)ccc12. The Balaban J connectivity index is 1.15. The van der Waals surface area contributed by atoms with Gasteiger partial charge in [0, 0.05) is 75.5 Å². The van der Waals surface area contributed by atoms with Crippen LogP contribution in [0.3, 0.4) is 0 Å². The number of H-pyrrole nitrogens is 1. The number of amides is 3. The number of benzene rings is 3. The molecule has 54 heavy (non-hydrogen) atoms. The van der Waals surface area contributed by atoms with Crippen molar-refractivity contribution >= 4 is 69.1 Å². The Labute approximate surface area is 328 Å². The first-order valence-corrected chi connectivity index (χ1v) is 19.3. The third kappa shape index (κ3) is 7.13. The summed E-state index contributed by atoms with van der Waals surface area (Å²) < 4.78 is 2.05. The number of piperidine rings is 1. The normalized spacial score (nSPS) is 15.5. The van der Waals surface area contributed by atoms with Crippen molar-refractivity contribution in [3.63, 3.8) is 0 Å². The van der Waals surface area contributed by atoms with Crippen LogP contribution < -0.4 is 15.5 Å². The number of fused-ring (bicyclic) bond motifs is 1. The summed E-state index contributed by atoms with van der Waals surface area (Å²) in [5.74, 6) is 0.333. The summed E-state index contributed by atoms with van der Waals surface area (Å²) >= 11 is 19.6. The van der Waals surface area contributed by atoms with Crippen LogP contribution in [-0.4, -0.2) is 68.6 Å². The molecule has 6 aromatic rings. The lowest BCUT2D eigenvalue weighted by Crippen LogP contribution is -2.48. The summed E-state index contributed by atoms with van der Waals surface area (Å²) in [6.07, 6.45) is 7.19. The predicted molar refractivity (Wildman–Crippen MR) is 217 cm³/mol. The van der Waals surface area contributed by atoms with Crippen LogP contribution in [0.1, 0.15) is 54.7 Å². The maximum absolute atomic E-state index is 14.7. The number of imidazole rings is 1. The highest BCUT2D eigenvalue weighted by Crippen LogP contribution is 2.42. The van der Waals surface area contributed by atoms with E-state index in [-0.39, 0.29) is 24.0 Å². The number of nitrogens with zero attached hydrogens (tertiary/aromatic N) is 5. The molecule has 2 aliphatic heterocycles. The second kappa shape index (κ2) is 15.4. The summed E-state index contributed by atoms with van der Waals surface area (Å²) in [6.45, 7) is 5.05.